The maximum atomic E-state index is 12.4. The van der Waals surface area contributed by atoms with Gasteiger partial charge >= 0.3 is 5.97 Å². The van der Waals surface area contributed by atoms with Gasteiger partial charge in [-0.1, -0.05) is 12.1 Å². The van der Waals surface area contributed by atoms with E-state index < -0.39 is 27.8 Å². The number of hydrogen-bond acceptors (Lipinski definition) is 5. The highest BCUT2D eigenvalue weighted by atomic mass is 32.2. The zero-order chi connectivity index (χ0) is 16.6. The van der Waals surface area contributed by atoms with Crippen LogP contribution in [0.4, 0.5) is 0 Å². The molecule has 3 rings (SSSR count). The third-order valence-corrected chi connectivity index (χ3v) is 6.38. The smallest absolute Gasteiger partial charge is 0.310 e. The van der Waals surface area contributed by atoms with E-state index in [0.717, 1.165) is 19.3 Å². The normalized spacial score (nSPS) is 23.3. The fourth-order valence-corrected chi connectivity index (χ4v) is 4.99. The summed E-state index contributed by atoms with van der Waals surface area (Å²) in [6.07, 6.45) is 2.51. The van der Waals surface area contributed by atoms with Gasteiger partial charge in [0.05, 0.1) is 17.4 Å². The first kappa shape index (κ1) is 16.2. The Morgan fingerprint density at radius 1 is 1.22 bits per heavy atom. The van der Waals surface area contributed by atoms with E-state index in [9.17, 15) is 18.0 Å². The number of esters is 1. The number of benzene rings is 1. The number of ketones is 1. The summed E-state index contributed by atoms with van der Waals surface area (Å²) in [4.78, 5) is 24.5. The van der Waals surface area contributed by atoms with Crippen molar-refractivity contribution in [3.05, 3.63) is 34.9 Å². The van der Waals surface area contributed by atoms with Gasteiger partial charge in [0.25, 0.3) is 0 Å². The van der Waals surface area contributed by atoms with Gasteiger partial charge in [-0.3, -0.25) is 9.59 Å². The van der Waals surface area contributed by atoms with Crippen LogP contribution >= 0.6 is 0 Å². The molecule has 1 aliphatic heterocycles. The SMILES string of the molecule is C[C@@H](OC(=O)[C@H]1CCS(=O)(=O)C1)C(=O)c1ccc2c(c1)CCC2. The molecule has 6 heteroatoms. The van der Waals surface area contributed by atoms with Crippen LogP contribution < -0.4 is 0 Å². The second kappa shape index (κ2) is 6.07. The Balaban J connectivity index is 1.65. The molecule has 1 fully saturated rings. The van der Waals surface area contributed by atoms with Crippen molar-refractivity contribution >= 4 is 21.6 Å². The van der Waals surface area contributed by atoms with Gasteiger partial charge in [-0.05, 0) is 49.8 Å². The summed E-state index contributed by atoms with van der Waals surface area (Å²) >= 11 is 0. The number of carbonyl (C=O) groups is 2. The molecule has 0 radical (unpaired) electrons. The molecule has 0 unspecified atom stereocenters. The van der Waals surface area contributed by atoms with Gasteiger partial charge in [-0.2, -0.15) is 0 Å². The molecule has 5 nitrogen and oxygen atoms in total. The maximum absolute atomic E-state index is 12.4. The van der Waals surface area contributed by atoms with Crippen molar-refractivity contribution in [1.82, 2.24) is 0 Å². The summed E-state index contributed by atoms with van der Waals surface area (Å²) in [5, 5.41) is 0. The van der Waals surface area contributed by atoms with Gasteiger partial charge in [0, 0.05) is 5.56 Å². The molecule has 23 heavy (non-hydrogen) atoms. The van der Waals surface area contributed by atoms with E-state index in [0.29, 0.717) is 5.56 Å². The van der Waals surface area contributed by atoms with Crippen molar-refractivity contribution in [2.75, 3.05) is 11.5 Å². The summed E-state index contributed by atoms with van der Waals surface area (Å²) in [5.41, 5.74) is 3.02. The Morgan fingerprint density at radius 3 is 2.65 bits per heavy atom. The number of rotatable bonds is 4. The van der Waals surface area contributed by atoms with Crippen LogP contribution in [0.15, 0.2) is 18.2 Å². The van der Waals surface area contributed by atoms with E-state index in [-0.39, 0.29) is 23.7 Å². The summed E-state index contributed by atoms with van der Waals surface area (Å²) in [6, 6.07) is 5.62. The molecule has 0 aromatic heterocycles. The number of carbonyl (C=O) groups excluding carboxylic acids is 2. The summed E-state index contributed by atoms with van der Waals surface area (Å²) in [6.45, 7) is 1.54. The van der Waals surface area contributed by atoms with Gasteiger partial charge in [0.15, 0.2) is 15.9 Å². The van der Waals surface area contributed by atoms with Crippen LogP contribution in [0.3, 0.4) is 0 Å². The second-order valence-corrected chi connectivity index (χ2v) is 8.61. The predicted octanol–water partition coefficient (Wildman–Crippen LogP) is 1.72. The Kier molecular flexibility index (Phi) is 4.27. The zero-order valence-corrected chi connectivity index (χ0v) is 13.9. The summed E-state index contributed by atoms with van der Waals surface area (Å²) < 4.78 is 28.1. The third-order valence-electron chi connectivity index (χ3n) is 4.61. The lowest BCUT2D eigenvalue weighted by Gasteiger charge is -2.15. The van der Waals surface area contributed by atoms with Crippen LogP contribution in [0.2, 0.25) is 0 Å². The van der Waals surface area contributed by atoms with Crippen LogP contribution in [0.1, 0.15) is 41.3 Å². The number of sulfone groups is 1. The number of aryl methyl sites for hydroxylation is 2. The van der Waals surface area contributed by atoms with E-state index in [2.05, 4.69) is 0 Å². The highest BCUT2D eigenvalue weighted by molar-refractivity contribution is 7.91. The lowest BCUT2D eigenvalue weighted by atomic mass is 10.0. The average molecular weight is 336 g/mol. The molecule has 0 spiro atoms. The fraction of sp³-hybridized carbons (Fsp3) is 0.529. The van der Waals surface area contributed by atoms with Crippen molar-refractivity contribution in [2.45, 2.75) is 38.7 Å². The van der Waals surface area contributed by atoms with Gasteiger partial charge in [0.1, 0.15) is 0 Å². The Labute approximate surface area is 135 Å². The van der Waals surface area contributed by atoms with Crippen molar-refractivity contribution in [2.24, 2.45) is 5.92 Å². The molecule has 1 aliphatic carbocycles. The quantitative estimate of drug-likeness (QED) is 0.618. The van der Waals surface area contributed by atoms with Crippen molar-refractivity contribution in [1.29, 1.82) is 0 Å². The molecule has 1 saturated heterocycles. The molecule has 1 heterocycles. The largest absolute Gasteiger partial charge is 0.454 e. The van der Waals surface area contributed by atoms with Gasteiger partial charge in [-0.15, -0.1) is 0 Å². The fourth-order valence-electron chi connectivity index (χ4n) is 3.26. The zero-order valence-electron chi connectivity index (χ0n) is 13.1. The molecule has 1 aromatic rings. The minimum Gasteiger partial charge on any atom is -0.454 e. The van der Waals surface area contributed by atoms with Crippen molar-refractivity contribution in [3.8, 4) is 0 Å². The first-order chi connectivity index (χ1) is 10.9. The summed E-state index contributed by atoms with van der Waals surface area (Å²) in [5.74, 6) is -1.64. The highest BCUT2D eigenvalue weighted by Gasteiger charge is 2.35. The van der Waals surface area contributed by atoms with Crippen LogP contribution in [-0.4, -0.2) is 37.8 Å². The first-order valence-corrected chi connectivity index (χ1v) is 9.75. The number of fused-ring (bicyclic) bond motifs is 1. The van der Waals surface area contributed by atoms with Gasteiger partial charge in [0.2, 0.25) is 5.78 Å². The average Bonchev–Trinajstić information content (AvgIpc) is 3.11. The predicted molar refractivity (Wildman–Crippen MR) is 85.1 cm³/mol. The molecule has 2 atom stereocenters. The Morgan fingerprint density at radius 2 is 1.96 bits per heavy atom. The second-order valence-electron chi connectivity index (χ2n) is 6.38. The molecule has 1 aromatic carbocycles. The monoisotopic (exact) mass is 336 g/mol. The third kappa shape index (κ3) is 3.47. The van der Waals surface area contributed by atoms with Crippen LogP contribution in [0.25, 0.3) is 0 Å². The lowest BCUT2D eigenvalue weighted by molar-refractivity contribution is -0.150. The highest BCUT2D eigenvalue weighted by Crippen LogP contribution is 2.24. The van der Waals surface area contributed by atoms with E-state index >= 15 is 0 Å². The molecule has 0 saturated carbocycles. The molecule has 0 amide bonds. The molecule has 0 N–H and O–H groups in total. The van der Waals surface area contributed by atoms with Crippen LogP contribution in [-0.2, 0) is 32.2 Å². The standard InChI is InChI=1S/C17H20O5S/c1-11(22-17(19)15-7-8-23(20,21)10-15)16(18)14-6-5-12-3-2-4-13(12)9-14/h5-6,9,11,15H,2-4,7-8,10H2,1H3/t11-,15+/m1/s1. The molecular formula is C17H20O5S. The number of Topliss-reactive ketones (excluding diaryl/α,β-unsaturated/α-hetero) is 1. The Bertz CT molecular complexity index is 750. The maximum Gasteiger partial charge on any atom is 0.310 e. The van der Waals surface area contributed by atoms with Crippen molar-refractivity contribution < 1.29 is 22.7 Å². The first-order valence-electron chi connectivity index (χ1n) is 7.93. The van der Waals surface area contributed by atoms with E-state index in [1.165, 1.54) is 18.1 Å². The van der Waals surface area contributed by atoms with E-state index in [4.69, 9.17) is 4.74 Å². The van der Waals surface area contributed by atoms with E-state index in [1.807, 2.05) is 12.1 Å². The van der Waals surface area contributed by atoms with E-state index in [1.54, 1.807) is 6.07 Å². The summed E-state index contributed by atoms with van der Waals surface area (Å²) in [7, 11) is -3.14. The Hall–Kier alpha value is -1.69. The topological polar surface area (TPSA) is 77.5 Å². The molecule has 124 valence electrons. The minimum absolute atomic E-state index is 0.0138. The van der Waals surface area contributed by atoms with Crippen molar-refractivity contribution in [3.63, 3.8) is 0 Å². The van der Waals surface area contributed by atoms with Gasteiger partial charge < -0.3 is 4.74 Å². The van der Waals surface area contributed by atoms with Crippen LogP contribution in [0.5, 0.6) is 0 Å². The molecule has 2 aliphatic rings. The molecule has 0 bridgehead atoms. The number of ether oxygens (including phenoxy) is 1. The molecular weight excluding hydrogens is 316 g/mol. The van der Waals surface area contributed by atoms with Gasteiger partial charge in [-0.25, -0.2) is 8.42 Å². The minimum atomic E-state index is -3.14. The number of hydrogen-bond donors (Lipinski definition) is 0. The van der Waals surface area contributed by atoms with Crippen LogP contribution in [0, 0.1) is 5.92 Å². The lowest BCUT2D eigenvalue weighted by Crippen LogP contribution is -2.29.